The number of halogens is 1. The monoisotopic (exact) mass is 363 g/mol. The summed E-state index contributed by atoms with van der Waals surface area (Å²) in [6.07, 6.45) is 0. The number of nitrogens with zero attached hydrogens (tertiary/aromatic N) is 3. The van der Waals surface area contributed by atoms with Crippen LogP contribution in [0.4, 0.5) is 5.69 Å². The van der Waals surface area contributed by atoms with Gasteiger partial charge in [0.05, 0.1) is 7.11 Å². The maximum Gasteiger partial charge on any atom is 0.294 e. The van der Waals surface area contributed by atoms with Crippen LogP contribution >= 0.6 is 22.6 Å². The fourth-order valence-corrected chi connectivity index (χ4v) is 1.66. The molecule has 0 aliphatic carbocycles. The number of alkyl halides is 1. The van der Waals surface area contributed by atoms with Gasteiger partial charge in [0.2, 0.25) is 0 Å². The first-order valence-corrected chi connectivity index (χ1v) is 6.64. The maximum atomic E-state index is 10.0. The van der Waals surface area contributed by atoms with Crippen LogP contribution in [0.1, 0.15) is 5.56 Å². The molecule has 0 bridgehead atoms. The Labute approximate surface area is 119 Å². The quantitative estimate of drug-likeness (QED) is 0.187. The molecule has 0 amide bonds. The molecule has 0 fully saturated rings. The second kappa shape index (κ2) is 7.85. The minimum Gasteiger partial charge on any atom is -0.494 e. The number of hydrogen-bond donors (Lipinski definition) is 0. The summed E-state index contributed by atoms with van der Waals surface area (Å²) in [5.41, 5.74) is 1.78. The highest BCUT2D eigenvalue weighted by Crippen LogP contribution is 2.29. The van der Waals surface area contributed by atoms with Gasteiger partial charge in [0, 0.05) is 11.5 Å². The molecule has 0 aliphatic heterocycles. The van der Waals surface area contributed by atoms with Crippen LogP contribution in [-0.4, -0.2) is 32.4 Å². The minimum atomic E-state index is 0.0568. The van der Waals surface area contributed by atoms with Crippen LogP contribution in [0.25, 0.3) is 0 Å². The number of rotatable bonds is 7. The molecule has 1 aromatic rings. The summed E-state index contributed by atoms with van der Waals surface area (Å²) in [4.78, 5) is 10.0. The Morgan fingerprint density at radius 2 is 2.28 bits per heavy atom. The van der Waals surface area contributed by atoms with Gasteiger partial charge in [-0.2, -0.15) is 0 Å². The molecule has 1 rings (SSSR count). The SMILES string of the molecule is COc1ccc(CI)cc1N=NN(C)COC=O. The van der Waals surface area contributed by atoms with E-state index in [1.165, 1.54) is 5.01 Å². The molecule has 98 valence electrons. The van der Waals surface area contributed by atoms with Crippen molar-refractivity contribution in [2.45, 2.75) is 4.43 Å². The molecule has 0 N–H and O–H groups in total. The van der Waals surface area contributed by atoms with Gasteiger partial charge in [-0.05, 0) is 17.7 Å². The zero-order valence-corrected chi connectivity index (χ0v) is 12.3. The molecule has 6 nitrogen and oxygen atoms in total. The summed E-state index contributed by atoms with van der Waals surface area (Å²) >= 11 is 2.27. The van der Waals surface area contributed by atoms with Crippen LogP contribution in [0.5, 0.6) is 5.75 Å². The molecule has 18 heavy (non-hydrogen) atoms. The molecule has 0 heterocycles. The third kappa shape index (κ3) is 4.47. The molecule has 0 aliphatic rings. The van der Waals surface area contributed by atoms with E-state index in [-0.39, 0.29) is 6.73 Å². The molecule has 0 unspecified atom stereocenters. The van der Waals surface area contributed by atoms with Crippen molar-refractivity contribution >= 4 is 34.8 Å². The van der Waals surface area contributed by atoms with E-state index >= 15 is 0 Å². The lowest BCUT2D eigenvalue weighted by Crippen LogP contribution is -2.13. The lowest BCUT2D eigenvalue weighted by molar-refractivity contribution is -0.132. The Kier molecular flexibility index (Phi) is 6.40. The number of carbonyl (C=O) groups excluding carboxylic acids is 1. The normalized spacial score (nSPS) is 10.4. The molecule has 0 saturated heterocycles. The van der Waals surface area contributed by atoms with Crippen LogP contribution in [-0.2, 0) is 14.0 Å². The molecule has 7 heteroatoms. The van der Waals surface area contributed by atoms with Crippen LogP contribution in [0.3, 0.4) is 0 Å². The van der Waals surface area contributed by atoms with Crippen molar-refractivity contribution in [3.63, 3.8) is 0 Å². The second-order valence-corrected chi connectivity index (χ2v) is 4.14. The van der Waals surface area contributed by atoms with E-state index < -0.39 is 0 Å². The Balaban J connectivity index is 2.80. The van der Waals surface area contributed by atoms with Crippen molar-refractivity contribution < 1.29 is 14.3 Å². The summed E-state index contributed by atoms with van der Waals surface area (Å²) in [5, 5.41) is 9.38. The number of benzene rings is 1. The molecule has 0 saturated carbocycles. The summed E-state index contributed by atoms with van der Waals surface area (Å²) in [7, 11) is 3.24. The molecular formula is C11H14IN3O3. The maximum absolute atomic E-state index is 10.0. The molecular weight excluding hydrogens is 349 g/mol. The topological polar surface area (TPSA) is 63.5 Å². The highest BCUT2D eigenvalue weighted by Gasteiger charge is 2.03. The number of hydrogen-bond acceptors (Lipinski definition) is 5. The van der Waals surface area contributed by atoms with E-state index in [0.29, 0.717) is 17.9 Å². The van der Waals surface area contributed by atoms with Gasteiger partial charge in [0.15, 0.2) is 6.73 Å². The molecule has 0 aromatic heterocycles. The third-order valence-corrected chi connectivity index (χ3v) is 2.91. The minimum absolute atomic E-state index is 0.0568. The highest BCUT2D eigenvalue weighted by molar-refractivity contribution is 14.1. The zero-order chi connectivity index (χ0) is 13.4. The molecule has 0 spiro atoms. The van der Waals surface area contributed by atoms with E-state index in [0.717, 1.165) is 9.99 Å². The average molecular weight is 363 g/mol. The fraction of sp³-hybridized carbons (Fsp3) is 0.364. The smallest absolute Gasteiger partial charge is 0.294 e. The van der Waals surface area contributed by atoms with E-state index in [9.17, 15) is 4.79 Å². The number of methoxy groups -OCH3 is 1. The van der Waals surface area contributed by atoms with E-state index in [1.807, 2.05) is 18.2 Å². The van der Waals surface area contributed by atoms with E-state index in [2.05, 4.69) is 37.7 Å². The first-order valence-electron chi connectivity index (χ1n) is 5.12. The summed E-state index contributed by atoms with van der Waals surface area (Å²) in [6.45, 7) is 0.421. The number of ether oxygens (including phenoxy) is 2. The first-order chi connectivity index (χ1) is 8.71. The molecule has 0 atom stereocenters. The second-order valence-electron chi connectivity index (χ2n) is 3.38. The third-order valence-electron chi connectivity index (χ3n) is 2.03. The molecule has 1 aromatic carbocycles. The van der Waals surface area contributed by atoms with Crippen LogP contribution in [0.2, 0.25) is 0 Å². The van der Waals surface area contributed by atoms with Crippen molar-refractivity contribution in [3.05, 3.63) is 23.8 Å². The van der Waals surface area contributed by atoms with Crippen molar-refractivity contribution in [2.75, 3.05) is 20.9 Å². The Bertz CT molecular complexity index is 426. The fourth-order valence-electron chi connectivity index (χ4n) is 1.19. The zero-order valence-electron chi connectivity index (χ0n) is 10.2. The van der Waals surface area contributed by atoms with Crippen molar-refractivity contribution in [1.82, 2.24) is 5.01 Å². The standard InChI is InChI=1S/C11H14IN3O3/c1-15(7-18-8-16)14-13-10-5-9(6-12)3-4-11(10)17-2/h3-5,8H,6-7H2,1-2H3. The predicted molar refractivity (Wildman–Crippen MR) is 75.0 cm³/mol. The summed E-state index contributed by atoms with van der Waals surface area (Å²) in [6, 6.07) is 5.73. The Morgan fingerprint density at radius 1 is 1.50 bits per heavy atom. The lowest BCUT2D eigenvalue weighted by Gasteiger charge is -2.09. The van der Waals surface area contributed by atoms with Gasteiger partial charge >= 0.3 is 0 Å². The van der Waals surface area contributed by atoms with Crippen LogP contribution in [0.15, 0.2) is 28.5 Å². The molecule has 0 radical (unpaired) electrons. The van der Waals surface area contributed by atoms with Gasteiger partial charge in [-0.1, -0.05) is 33.9 Å². The van der Waals surface area contributed by atoms with Crippen molar-refractivity contribution in [2.24, 2.45) is 10.3 Å². The van der Waals surface area contributed by atoms with Gasteiger partial charge in [-0.25, -0.2) is 5.01 Å². The first kappa shape index (κ1) is 14.7. The van der Waals surface area contributed by atoms with Gasteiger partial charge in [-0.3, -0.25) is 4.79 Å². The van der Waals surface area contributed by atoms with Crippen LogP contribution < -0.4 is 4.74 Å². The van der Waals surface area contributed by atoms with Crippen LogP contribution in [0, 0.1) is 0 Å². The number of carbonyl (C=O) groups is 1. The van der Waals surface area contributed by atoms with Gasteiger partial charge in [0.1, 0.15) is 11.4 Å². The Morgan fingerprint density at radius 3 is 2.89 bits per heavy atom. The predicted octanol–water partition coefficient (Wildman–Crippen LogP) is 2.69. The lowest BCUT2D eigenvalue weighted by atomic mass is 10.2. The average Bonchev–Trinajstić information content (AvgIpc) is 2.42. The van der Waals surface area contributed by atoms with E-state index in [4.69, 9.17) is 4.74 Å². The van der Waals surface area contributed by atoms with Gasteiger partial charge in [0.25, 0.3) is 6.47 Å². The highest BCUT2D eigenvalue weighted by atomic mass is 127. The largest absolute Gasteiger partial charge is 0.494 e. The van der Waals surface area contributed by atoms with Crippen molar-refractivity contribution in [3.8, 4) is 5.75 Å². The van der Waals surface area contributed by atoms with Gasteiger partial charge in [-0.15, -0.1) is 5.11 Å². The van der Waals surface area contributed by atoms with E-state index in [1.54, 1.807) is 14.2 Å². The Hall–Kier alpha value is -1.38. The summed E-state index contributed by atoms with van der Waals surface area (Å²) < 4.78 is 10.6. The van der Waals surface area contributed by atoms with Crippen molar-refractivity contribution in [1.29, 1.82) is 0 Å². The van der Waals surface area contributed by atoms with Gasteiger partial charge < -0.3 is 9.47 Å². The summed E-state index contributed by atoms with van der Waals surface area (Å²) in [5.74, 6) is 0.650.